The van der Waals surface area contributed by atoms with Crippen molar-refractivity contribution in [2.75, 3.05) is 25.2 Å². The highest BCUT2D eigenvalue weighted by molar-refractivity contribution is 5.94. The van der Waals surface area contributed by atoms with Crippen LogP contribution in [0.4, 0.5) is 5.95 Å². The topological polar surface area (TPSA) is 148 Å². The molecule has 4 N–H and O–H groups in total. The van der Waals surface area contributed by atoms with Crippen molar-refractivity contribution in [2.45, 2.75) is 44.2 Å². The van der Waals surface area contributed by atoms with Gasteiger partial charge in [-0.05, 0) is 11.1 Å². The van der Waals surface area contributed by atoms with Crippen molar-refractivity contribution in [3.05, 3.63) is 88.5 Å². The predicted molar refractivity (Wildman–Crippen MR) is 150 cm³/mol. The van der Waals surface area contributed by atoms with Gasteiger partial charge in [0.2, 0.25) is 11.9 Å². The summed E-state index contributed by atoms with van der Waals surface area (Å²) in [6.45, 7) is 3.38. The molecule has 0 radical (unpaired) electrons. The van der Waals surface area contributed by atoms with Crippen LogP contribution in [0.1, 0.15) is 31.0 Å². The fraction of sp³-hybridized carbons (Fsp3) is 0.379. The zero-order valence-electron chi connectivity index (χ0n) is 22.6. The van der Waals surface area contributed by atoms with Crippen molar-refractivity contribution in [3.63, 3.8) is 0 Å². The van der Waals surface area contributed by atoms with E-state index in [1.807, 2.05) is 65.6 Å². The summed E-state index contributed by atoms with van der Waals surface area (Å²) in [6.07, 6.45) is -0.693. The molecule has 40 heavy (non-hydrogen) atoms. The Morgan fingerprint density at radius 2 is 1.75 bits per heavy atom. The van der Waals surface area contributed by atoms with E-state index in [9.17, 15) is 19.8 Å². The van der Waals surface area contributed by atoms with E-state index in [-0.39, 0.29) is 42.2 Å². The number of rotatable bonds is 8. The van der Waals surface area contributed by atoms with Crippen LogP contribution in [0, 0.1) is 5.92 Å². The second-order valence-electron chi connectivity index (χ2n) is 10.3. The molecular formula is C29H34N6O5. The number of benzene rings is 2. The fourth-order valence-electron chi connectivity index (χ4n) is 5.63. The molecule has 0 unspecified atom stereocenters. The van der Waals surface area contributed by atoms with Crippen LogP contribution in [0.15, 0.2) is 71.8 Å². The van der Waals surface area contributed by atoms with E-state index in [4.69, 9.17) is 4.74 Å². The summed E-state index contributed by atoms with van der Waals surface area (Å²) in [5, 5.41) is 22.2. The van der Waals surface area contributed by atoms with Gasteiger partial charge in [-0.15, -0.1) is 0 Å². The minimum atomic E-state index is -1.17. The molecule has 0 spiro atoms. The number of H-pyrrole nitrogens is 2. The predicted octanol–water partition coefficient (Wildman–Crippen LogP) is 1.85. The van der Waals surface area contributed by atoms with Crippen LogP contribution >= 0.6 is 0 Å². The van der Waals surface area contributed by atoms with Gasteiger partial charge >= 0.3 is 0 Å². The lowest BCUT2D eigenvalue weighted by Crippen LogP contribution is -2.69. The van der Waals surface area contributed by atoms with Crippen LogP contribution in [0.5, 0.6) is 0 Å². The molecule has 4 atom stereocenters. The smallest absolute Gasteiger partial charge is 0.278 e. The van der Waals surface area contributed by atoms with Crippen molar-refractivity contribution in [3.8, 4) is 0 Å². The fourth-order valence-corrected chi connectivity index (χ4v) is 5.63. The number of ether oxygens (including phenoxy) is 1. The molecule has 1 amide bonds. The highest BCUT2D eigenvalue weighted by Gasteiger charge is 2.49. The van der Waals surface area contributed by atoms with Gasteiger partial charge in [0.25, 0.3) is 5.56 Å². The lowest BCUT2D eigenvalue weighted by molar-refractivity contribution is -0.134. The van der Waals surface area contributed by atoms with Gasteiger partial charge in [-0.1, -0.05) is 74.5 Å². The number of hydrogen-bond acceptors (Lipinski definition) is 8. The lowest BCUT2D eigenvalue weighted by atomic mass is 9.86. The highest BCUT2D eigenvalue weighted by Crippen LogP contribution is 2.37. The summed E-state index contributed by atoms with van der Waals surface area (Å²) in [5.74, 6) is -0.755. The SMILES string of the molecule is CO[C@H]1[C@H](O)[C@@H](CO)N(C(c2ccccc2)c2ccccc2)C[C@H]1N(C(=O)C(C)C)c1nc2nc[nH]c2c(=O)[nH]1. The van der Waals surface area contributed by atoms with Crippen LogP contribution in [0.2, 0.25) is 0 Å². The van der Waals surface area contributed by atoms with E-state index in [1.54, 1.807) is 13.8 Å². The molecular weight excluding hydrogens is 512 g/mol. The summed E-state index contributed by atoms with van der Waals surface area (Å²) < 4.78 is 5.80. The number of anilines is 1. The number of carbonyl (C=O) groups excluding carboxylic acids is 1. The number of amides is 1. The Hall–Kier alpha value is -3.90. The van der Waals surface area contributed by atoms with E-state index >= 15 is 0 Å². The number of aliphatic hydroxyl groups is 2. The van der Waals surface area contributed by atoms with Gasteiger partial charge in [-0.2, -0.15) is 4.98 Å². The first kappa shape index (κ1) is 27.7. The largest absolute Gasteiger partial charge is 0.395 e. The molecule has 3 heterocycles. The number of methoxy groups -OCH3 is 1. The number of carbonyl (C=O) groups is 1. The second-order valence-corrected chi connectivity index (χ2v) is 10.3. The third-order valence-corrected chi connectivity index (χ3v) is 7.53. The van der Waals surface area contributed by atoms with Gasteiger partial charge in [0.1, 0.15) is 6.10 Å². The van der Waals surface area contributed by atoms with Crippen LogP contribution in [0.3, 0.4) is 0 Å². The van der Waals surface area contributed by atoms with Gasteiger partial charge in [-0.25, -0.2) is 4.98 Å². The Bertz CT molecular complexity index is 1450. The molecule has 11 heteroatoms. The molecule has 1 aliphatic heterocycles. The van der Waals surface area contributed by atoms with E-state index < -0.39 is 35.8 Å². The molecule has 4 aromatic rings. The second kappa shape index (κ2) is 11.7. The molecule has 0 saturated carbocycles. The van der Waals surface area contributed by atoms with Crippen LogP contribution in [0.25, 0.3) is 11.2 Å². The van der Waals surface area contributed by atoms with Gasteiger partial charge in [-0.3, -0.25) is 24.4 Å². The standard InChI is InChI=1S/C29H34N6O5/c1-17(2)28(39)35(29-32-26-22(27(38)33-29)30-16-31-26)20-14-34(21(15-36)24(37)25(20)40-3)23(18-10-6-4-7-11-18)19-12-8-5-9-13-19/h4-13,16-17,20-21,23-25,36-37H,14-15H2,1-3H3,(H2,30,31,32,33,38)/t20-,21-,24-,25-/m1/s1. The van der Waals surface area contributed by atoms with E-state index in [0.29, 0.717) is 0 Å². The summed E-state index contributed by atoms with van der Waals surface area (Å²) in [6, 6.07) is 17.8. The van der Waals surface area contributed by atoms with Crippen molar-refractivity contribution in [1.82, 2.24) is 24.8 Å². The number of nitrogens with one attached hydrogen (secondary N) is 2. The van der Waals surface area contributed by atoms with E-state index in [0.717, 1.165) is 11.1 Å². The first-order valence-corrected chi connectivity index (χ1v) is 13.3. The van der Waals surface area contributed by atoms with Crippen LogP contribution in [-0.2, 0) is 9.53 Å². The molecule has 0 aliphatic carbocycles. The number of likely N-dealkylation sites (tertiary alicyclic amines) is 1. The normalized spacial score (nSPS) is 21.8. The number of imidazole rings is 1. The maximum absolute atomic E-state index is 13.8. The maximum Gasteiger partial charge on any atom is 0.278 e. The third-order valence-electron chi connectivity index (χ3n) is 7.53. The van der Waals surface area contributed by atoms with Gasteiger partial charge in [0.05, 0.1) is 37.2 Å². The Kier molecular flexibility index (Phi) is 8.08. The average molecular weight is 547 g/mol. The first-order valence-electron chi connectivity index (χ1n) is 13.3. The van der Waals surface area contributed by atoms with E-state index in [1.165, 1.54) is 18.3 Å². The molecule has 2 aromatic heterocycles. The molecule has 11 nitrogen and oxygen atoms in total. The molecule has 5 rings (SSSR count). The molecule has 210 valence electrons. The average Bonchev–Trinajstić information content (AvgIpc) is 3.44. The Morgan fingerprint density at radius 3 is 2.30 bits per heavy atom. The number of nitrogens with zero attached hydrogens (tertiary/aromatic N) is 4. The summed E-state index contributed by atoms with van der Waals surface area (Å²) in [7, 11) is 1.46. The number of aromatic amines is 2. The lowest BCUT2D eigenvalue weighted by Gasteiger charge is -2.51. The minimum Gasteiger partial charge on any atom is -0.395 e. The van der Waals surface area contributed by atoms with Crippen molar-refractivity contribution in [1.29, 1.82) is 0 Å². The van der Waals surface area contributed by atoms with Crippen molar-refractivity contribution < 1.29 is 19.7 Å². The zero-order chi connectivity index (χ0) is 28.4. The molecule has 1 aliphatic rings. The van der Waals surface area contributed by atoms with Gasteiger partial charge in [0, 0.05) is 19.6 Å². The molecule has 1 saturated heterocycles. The van der Waals surface area contributed by atoms with E-state index in [2.05, 4.69) is 19.9 Å². The summed E-state index contributed by atoms with van der Waals surface area (Å²) in [5.41, 5.74) is 1.81. The van der Waals surface area contributed by atoms with Crippen LogP contribution < -0.4 is 10.5 Å². The number of piperidine rings is 1. The van der Waals surface area contributed by atoms with Gasteiger partial charge in [0.15, 0.2) is 11.2 Å². The summed E-state index contributed by atoms with van der Waals surface area (Å²) in [4.78, 5) is 44.2. The summed E-state index contributed by atoms with van der Waals surface area (Å²) >= 11 is 0. The quantitative estimate of drug-likeness (QED) is 0.262. The van der Waals surface area contributed by atoms with Crippen molar-refractivity contribution in [2.24, 2.45) is 5.92 Å². The number of fused-ring (bicyclic) bond motifs is 1. The third kappa shape index (κ3) is 5.04. The Labute approximate surface area is 231 Å². The van der Waals surface area contributed by atoms with Crippen LogP contribution in [-0.4, -0.2) is 85.5 Å². The molecule has 2 aromatic carbocycles. The zero-order valence-corrected chi connectivity index (χ0v) is 22.6. The van der Waals surface area contributed by atoms with Gasteiger partial charge < -0.3 is 19.9 Å². The molecule has 0 bridgehead atoms. The number of hydrogen-bond donors (Lipinski definition) is 4. The Balaban J connectivity index is 1.67. The first-order chi connectivity index (χ1) is 19.3. The molecule has 1 fully saturated rings. The minimum absolute atomic E-state index is 0.0147. The monoisotopic (exact) mass is 546 g/mol. The number of aromatic nitrogens is 4. The van der Waals surface area contributed by atoms with Crippen molar-refractivity contribution >= 4 is 23.0 Å². The highest BCUT2D eigenvalue weighted by atomic mass is 16.5. The Morgan fingerprint density at radius 1 is 1.12 bits per heavy atom. The number of aliphatic hydroxyl groups excluding tert-OH is 2. The maximum atomic E-state index is 13.8.